The van der Waals surface area contributed by atoms with E-state index in [4.69, 9.17) is 11.6 Å². The Bertz CT molecular complexity index is 765. The van der Waals surface area contributed by atoms with Crippen LogP contribution in [0.4, 0.5) is 5.69 Å². The van der Waals surface area contributed by atoms with Crippen LogP contribution in [0.2, 0.25) is 5.02 Å². The van der Waals surface area contributed by atoms with Gasteiger partial charge in [-0.2, -0.15) is 0 Å². The Labute approximate surface area is 125 Å². The van der Waals surface area contributed by atoms with Crippen LogP contribution in [0.3, 0.4) is 0 Å². The first-order valence-electron chi connectivity index (χ1n) is 5.73. The van der Waals surface area contributed by atoms with Gasteiger partial charge < -0.3 is 0 Å². The first-order valence-corrected chi connectivity index (χ1v) is 7.60. The molecule has 7 nitrogen and oxygen atoms in total. The Kier molecular flexibility index (Phi) is 4.51. The summed E-state index contributed by atoms with van der Waals surface area (Å²) >= 11 is 5.81. The Morgan fingerprint density at radius 1 is 1.29 bits per heavy atom. The summed E-state index contributed by atoms with van der Waals surface area (Å²) in [4.78, 5) is 13.7. The zero-order valence-electron chi connectivity index (χ0n) is 10.6. The molecule has 0 atom stereocenters. The fourth-order valence-corrected chi connectivity index (χ4v) is 3.08. The SMILES string of the molecule is O=[N+]([O-])c1ccc(Cl)c(S(=O)(=O)NCc2ccccn2)c1. The summed E-state index contributed by atoms with van der Waals surface area (Å²) in [5, 5.41) is 10.6. The Morgan fingerprint density at radius 2 is 2.05 bits per heavy atom. The number of nitro groups is 1. The number of benzene rings is 1. The lowest BCUT2D eigenvalue weighted by Gasteiger charge is -2.08. The number of pyridine rings is 1. The van der Waals surface area contributed by atoms with Crippen molar-refractivity contribution < 1.29 is 13.3 Å². The standard InChI is InChI=1S/C12H10ClN3O4S/c13-11-5-4-10(16(17)18)7-12(11)21(19,20)15-8-9-3-1-2-6-14-9/h1-7,15H,8H2. The van der Waals surface area contributed by atoms with Gasteiger partial charge in [-0.25, -0.2) is 13.1 Å². The first kappa shape index (κ1) is 15.4. The van der Waals surface area contributed by atoms with Gasteiger partial charge in [-0.15, -0.1) is 0 Å². The molecule has 0 fully saturated rings. The number of nitrogens with zero attached hydrogens (tertiary/aromatic N) is 2. The summed E-state index contributed by atoms with van der Waals surface area (Å²) in [6, 6.07) is 8.31. The van der Waals surface area contributed by atoms with Crippen LogP contribution in [-0.4, -0.2) is 18.3 Å². The molecule has 0 saturated heterocycles. The number of hydrogen-bond donors (Lipinski definition) is 1. The largest absolute Gasteiger partial charge is 0.270 e. The molecule has 2 aromatic rings. The predicted octanol–water partition coefficient (Wildman–Crippen LogP) is 2.12. The van der Waals surface area contributed by atoms with E-state index in [-0.39, 0.29) is 22.2 Å². The molecule has 0 saturated carbocycles. The lowest BCUT2D eigenvalue weighted by Crippen LogP contribution is -2.24. The lowest BCUT2D eigenvalue weighted by molar-refractivity contribution is -0.385. The van der Waals surface area contributed by atoms with Crippen molar-refractivity contribution in [3.05, 3.63) is 63.4 Å². The maximum Gasteiger partial charge on any atom is 0.270 e. The van der Waals surface area contributed by atoms with Gasteiger partial charge in [-0.3, -0.25) is 15.1 Å². The average Bonchev–Trinajstić information content (AvgIpc) is 2.46. The van der Waals surface area contributed by atoms with E-state index in [1.54, 1.807) is 18.2 Å². The molecule has 110 valence electrons. The molecule has 0 amide bonds. The second kappa shape index (κ2) is 6.17. The van der Waals surface area contributed by atoms with Crippen molar-refractivity contribution in [1.82, 2.24) is 9.71 Å². The van der Waals surface area contributed by atoms with Gasteiger partial charge in [0.2, 0.25) is 10.0 Å². The summed E-state index contributed by atoms with van der Waals surface area (Å²) < 4.78 is 26.6. The zero-order chi connectivity index (χ0) is 15.5. The third-order valence-electron chi connectivity index (χ3n) is 2.58. The summed E-state index contributed by atoms with van der Waals surface area (Å²) in [6.07, 6.45) is 1.53. The highest BCUT2D eigenvalue weighted by Crippen LogP contribution is 2.26. The minimum absolute atomic E-state index is 0.0395. The van der Waals surface area contributed by atoms with Crippen molar-refractivity contribution in [2.45, 2.75) is 11.4 Å². The smallest absolute Gasteiger partial charge is 0.260 e. The summed E-state index contributed by atoms with van der Waals surface area (Å²) in [7, 11) is -3.97. The normalized spacial score (nSPS) is 11.3. The topological polar surface area (TPSA) is 102 Å². The fraction of sp³-hybridized carbons (Fsp3) is 0.0833. The fourth-order valence-electron chi connectivity index (χ4n) is 1.56. The van der Waals surface area contributed by atoms with Crippen LogP contribution in [0.15, 0.2) is 47.5 Å². The molecule has 0 spiro atoms. The maximum absolute atomic E-state index is 12.2. The molecule has 1 aromatic heterocycles. The molecule has 0 aliphatic heterocycles. The minimum atomic E-state index is -3.97. The van der Waals surface area contributed by atoms with E-state index in [9.17, 15) is 18.5 Å². The summed E-state index contributed by atoms with van der Waals surface area (Å²) in [6.45, 7) is -0.0395. The van der Waals surface area contributed by atoms with Gasteiger partial charge in [0, 0.05) is 18.3 Å². The molecule has 0 aliphatic rings. The second-order valence-corrected chi connectivity index (χ2v) is 6.16. The quantitative estimate of drug-likeness (QED) is 0.669. The first-order chi connectivity index (χ1) is 9.90. The second-order valence-electron chi connectivity index (χ2n) is 4.02. The molecule has 1 heterocycles. The molecule has 1 N–H and O–H groups in total. The summed E-state index contributed by atoms with van der Waals surface area (Å²) in [5.41, 5.74) is 0.167. The lowest BCUT2D eigenvalue weighted by atomic mass is 10.3. The Hall–Kier alpha value is -2.03. The molecule has 2 rings (SSSR count). The van der Waals surface area contributed by atoms with Gasteiger partial charge in [-0.05, 0) is 18.2 Å². The van der Waals surface area contributed by atoms with E-state index >= 15 is 0 Å². The van der Waals surface area contributed by atoms with Gasteiger partial charge in [0.25, 0.3) is 5.69 Å². The van der Waals surface area contributed by atoms with Crippen LogP contribution in [-0.2, 0) is 16.6 Å². The van der Waals surface area contributed by atoms with Gasteiger partial charge in [0.05, 0.1) is 22.2 Å². The number of nitrogens with one attached hydrogen (secondary N) is 1. The van der Waals surface area contributed by atoms with Gasteiger partial charge in [0.15, 0.2) is 0 Å². The third kappa shape index (κ3) is 3.75. The average molecular weight is 328 g/mol. The zero-order valence-corrected chi connectivity index (χ0v) is 12.1. The highest BCUT2D eigenvalue weighted by Gasteiger charge is 2.21. The van der Waals surface area contributed by atoms with Crippen LogP contribution >= 0.6 is 11.6 Å². The van der Waals surface area contributed by atoms with E-state index in [0.29, 0.717) is 5.69 Å². The van der Waals surface area contributed by atoms with E-state index in [0.717, 1.165) is 12.1 Å². The number of nitro benzene ring substituents is 1. The molecule has 0 radical (unpaired) electrons. The van der Waals surface area contributed by atoms with E-state index in [1.165, 1.54) is 12.3 Å². The molecular formula is C12H10ClN3O4S. The number of sulfonamides is 1. The predicted molar refractivity (Wildman–Crippen MR) is 76.4 cm³/mol. The number of rotatable bonds is 5. The van der Waals surface area contributed by atoms with Crippen LogP contribution in [0, 0.1) is 10.1 Å². The van der Waals surface area contributed by atoms with E-state index in [1.807, 2.05) is 0 Å². The van der Waals surface area contributed by atoms with E-state index < -0.39 is 14.9 Å². The van der Waals surface area contributed by atoms with E-state index in [2.05, 4.69) is 9.71 Å². The van der Waals surface area contributed by atoms with Crippen LogP contribution in [0.25, 0.3) is 0 Å². The molecular weight excluding hydrogens is 318 g/mol. The highest BCUT2D eigenvalue weighted by molar-refractivity contribution is 7.89. The number of halogens is 1. The van der Waals surface area contributed by atoms with Crippen molar-refractivity contribution in [3.63, 3.8) is 0 Å². The molecule has 21 heavy (non-hydrogen) atoms. The third-order valence-corrected chi connectivity index (χ3v) is 4.47. The molecule has 0 unspecified atom stereocenters. The van der Waals surface area contributed by atoms with Crippen LogP contribution < -0.4 is 4.72 Å². The van der Waals surface area contributed by atoms with Gasteiger partial charge >= 0.3 is 0 Å². The number of hydrogen-bond acceptors (Lipinski definition) is 5. The van der Waals surface area contributed by atoms with Crippen LogP contribution in [0.1, 0.15) is 5.69 Å². The monoisotopic (exact) mass is 327 g/mol. The highest BCUT2D eigenvalue weighted by atomic mass is 35.5. The molecule has 0 bridgehead atoms. The van der Waals surface area contributed by atoms with Crippen LogP contribution in [0.5, 0.6) is 0 Å². The Balaban J connectivity index is 2.27. The van der Waals surface area contributed by atoms with Gasteiger partial charge in [-0.1, -0.05) is 17.7 Å². The molecule has 1 aromatic carbocycles. The molecule has 0 aliphatic carbocycles. The minimum Gasteiger partial charge on any atom is -0.260 e. The molecule has 9 heteroatoms. The number of non-ortho nitro benzene ring substituents is 1. The van der Waals surface area contributed by atoms with Crippen molar-refractivity contribution in [2.24, 2.45) is 0 Å². The van der Waals surface area contributed by atoms with Crippen molar-refractivity contribution in [3.8, 4) is 0 Å². The summed E-state index contributed by atoms with van der Waals surface area (Å²) in [5.74, 6) is 0. The van der Waals surface area contributed by atoms with Crippen molar-refractivity contribution in [2.75, 3.05) is 0 Å². The maximum atomic E-state index is 12.2. The van der Waals surface area contributed by atoms with Crippen molar-refractivity contribution in [1.29, 1.82) is 0 Å². The number of aromatic nitrogens is 1. The Morgan fingerprint density at radius 3 is 2.67 bits per heavy atom. The van der Waals surface area contributed by atoms with Crippen molar-refractivity contribution >= 4 is 27.3 Å². The van der Waals surface area contributed by atoms with Gasteiger partial charge in [0.1, 0.15) is 4.90 Å².